The number of aliphatic hydroxyl groups excluding tert-OH is 1. The third-order valence-electron chi connectivity index (χ3n) is 4.09. The summed E-state index contributed by atoms with van der Waals surface area (Å²) < 4.78 is 0. The van der Waals surface area contributed by atoms with Gasteiger partial charge in [-0.3, -0.25) is 0 Å². The third kappa shape index (κ3) is 5.65. The highest BCUT2D eigenvalue weighted by atomic mass is 16.3. The molecule has 0 aromatic carbocycles. The molecule has 1 aliphatic rings. The van der Waals surface area contributed by atoms with Crippen molar-refractivity contribution in [3.63, 3.8) is 0 Å². The van der Waals surface area contributed by atoms with Crippen LogP contribution in [0.4, 0.5) is 0 Å². The molecule has 1 rings (SSSR count). The maximum absolute atomic E-state index is 9.93. The van der Waals surface area contributed by atoms with Gasteiger partial charge < -0.3 is 5.11 Å². The number of rotatable bonds is 5. The van der Waals surface area contributed by atoms with E-state index in [0.29, 0.717) is 0 Å². The molecular formula is C21H30O. The highest BCUT2D eigenvalue weighted by Gasteiger charge is 2.31. The molecule has 0 bridgehead atoms. The first-order valence-corrected chi connectivity index (χ1v) is 7.97. The van der Waals surface area contributed by atoms with E-state index < -0.39 is 0 Å². The van der Waals surface area contributed by atoms with Crippen LogP contribution in [-0.4, -0.2) is 11.2 Å². The Hall–Kier alpha value is -1.60. The van der Waals surface area contributed by atoms with Crippen LogP contribution < -0.4 is 0 Å². The van der Waals surface area contributed by atoms with Gasteiger partial charge in [-0.2, -0.15) is 0 Å². The fourth-order valence-corrected chi connectivity index (χ4v) is 3.04. The number of hydrogen-bond acceptors (Lipinski definition) is 1. The lowest BCUT2D eigenvalue weighted by Crippen LogP contribution is -2.28. The van der Waals surface area contributed by atoms with Crippen molar-refractivity contribution >= 4 is 0 Å². The molecule has 0 saturated carbocycles. The summed E-state index contributed by atoms with van der Waals surface area (Å²) in [6, 6.07) is 0. The summed E-state index contributed by atoms with van der Waals surface area (Å²) in [5.74, 6) is 0. The standard InChI is InChI=1S/C21H30O/c1-7-9-16(2)10-8-11-17(3)12-13-20-18(4)14-19(22)15-21(20,5)6/h7-13,19,22H,1,14-15H2,2-6H3/b10-8+,13-12+,16-9+,17-11+. The van der Waals surface area contributed by atoms with Crippen molar-refractivity contribution in [2.24, 2.45) is 5.41 Å². The summed E-state index contributed by atoms with van der Waals surface area (Å²) in [5.41, 5.74) is 5.09. The van der Waals surface area contributed by atoms with Crippen LogP contribution in [0, 0.1) is 5.41 Å². The van der Waals surface area contributed by atoms with E-state index in [0.717, 1.165) is 12.8 Å². The zero-order chi connectivity index (χ0) is 16.8. The fraction of sp³-hybridized carbons (Fsp3) is 0.429. The van der Waals surface area contributed by atoms with Crippen LogP contribution in [0.2, 0.25) is 0 Å². The maximum atomic E-state index is 9.93. The molecule has 0 aromatic rings. The molecule has 120 valence electrons. The molecule has 1 heteroatoms. The molecule has 0 heterocycles. The van der Waals surface area contributed by atoms with Crippen molar-refractivity contribution in [2.75, 3.05) is 0 Å². The lowest BCUT2D eigenvalue weighted by Gasteiger charge is -2.35. The van der Waals surface area contributed by atoms with Crippen LogP contribution in [0.5, 0.6) is 0 Å². The molecule has 0 fully saturated rings. The van der Waals surface area contributed by atoms with Gasteiger partial charge in [0, 0.05) is 0 Å². The molecule has 22 heavy (non-hydrogen) atoms. The molecule has 1 unspecified atom stereocenters. The SMILES string of the molecule is C=C/C=C(C)/C=C/C=C(C)/C=C/C1=C(C)CC(O)CC1(C)C. The number of aliphatic hydroxyl groups is 1. The van der Waals surface area contributed by atoms with Gasteiger partial charge in [0.15, 0.2) is 0 Å². The molecular weight excluding hydrogens is 268 g/mol. The van der Waals surface area contributed by atoms with Gasteiger partial charge in [-0.15, -0.1) is 0 Å². The van der Waals surface area contributed by atoms with Crippen LogP contribution in [0.3, 0.4) is 0 Å². The normalized spacial score (nSPS) is 23.6. The molecule has 1 N–H and O–H groups in total. The van der Waals surface area contributed by atoms with Crippen LogP contribution >= 0.6 is 0 Å². The topological polar surface area (TPSA) is 20.2 Å². The molecule has 0 aromatic heterocycles. The highest BCUT2D eigenvalue weighted by Crippen LogP contribution is 2.40. The smallest absolute Gasteiger partial charge is 0.0585 e. The van der Waals surface area contributed by atoms with Crippen LogP contribution in [0.1, 0.15) is 47.5 Å². The van der Waals surface area contributed by atoms with Gasteiger partial charge >= 0.3 is 0 Å². The van der Waals surface area contributed by atoms with E-state index in [2.05, 4.69) is 71.6 Å². The van der Waals surface area contributed by atoms with Crippen LogP contribution in [0.25, 0.3) is 0 Å². The predicted molar refractivity (Wildman–Crippen MR) is 97.7 cm³/mol. The molecule has 0 amide bonds. The Morgan fingerprint density at radius 1 is 1.18 bits per heavy atom. The fourth-order valence-electron chi connectivity index (χ4n) is 3.04. The largest absolute Gasteiger partial charge is 0.393 e. The quantitative estimate of drug-likeness (QED) is 0.648. The molecule has 0 aliphatic heterocycles. The number of allylic oxidation sites excluding steroid dienone is 10. The summed E-state index contributed by atoms with van der Waals surface area (Å²) in [5, 5.41) is 9.93. The average molecular weight is 298 g/mol. The zero-order valence-corrected chi connectivity index (χ0v) is 14.7. The molecule has 1 nitrogen and oxygen atoms in total. The first-order valence-electron chi connectivity index (χ1n) is 7.97. The first-order chi connectivity index (χ1) is 10.3. The molecule has 0 saturated heterocycles. The second-order valence-corrected chi connectivity index (χ2v) is 6.89. The maximum Gasteiger partial charge on any atom is 0.0585 e. The summed E-state index contributed by atoms with van der Waals surface area (Å²) in [6.45, 7) is 14.4. The summed E-state index contributed by atoms with van der Waals surface area (Å²) in [4.78, 5) is 0. The lowest BCUT2D eigenvalue weighted by atomic mass is 9.71. The minimum Gasteiger partial charge on any atom is -0.393 e. The van der Waals surface area contributed by atoms with Crippen LogP contribution in [0.15, 0.2) is 71.4 Å². The third-order valence-corrected chi connectivity index (χ3v) is 4.09. The van der Waals surface area contributed by atoms with Gasteiger partial charge in [-0.25, -0.2) is 0 Å². The zero-order valence-electron chi connectivity index (χ0n) is 14.7. The monoisotopic (exact) mass is 298 g/mol. The van der Waals surface area contributed by atoms with E-state index in [9.17, 15) is 5.11 Å². The van der Waals surface area contributed by atoms with Crippen molar-refractivity contribution in [3.05, 3.63) is 71.4 Å². The molecule has 0 spiro atoms. The first kappa shape index (κ1) is 18.4. The van der Waals surface area contributed by atoms with E-state index in [1.54, 1.807) is 6.08 Å². The summed E-state index contributed by atoms with van der Waals surface area (Å²) in [7, 11) is 0. The molecule has 1 aliphatic carbocycles. The second kappa shape index (κ2) is 8.14. The Kier molecular flexibility index (Phi) is 6.83. The van der Waals surface area contributed by atoms with E-state index in [1.807, 2.05) is 6.08 Å². The van der Waals surface area contributed by atoms with Crippen molar-refractivity contribution in [3.8, 4) is 0 Å². The van der Waals surface area contributed by atoms with E-state index in [1.165, 1.54) is 22.3 Å². The van der Waals surface area contributed by atoms with Crippen molar-refractivity contribution in [1.29, 1.82) is 0 Å². The van der Waals surface area contributed by atoms with E-state index in [4.69, 9.17) is 0 Å². The van der Waals surface area contributed by atoms with E-state index >= 15 is 0 Å². The Morgan fingerprint density at radius 3 is 2.41 bits per heavy atom. The predicted octanol–water partition coefficient (Wildman–Crippen LogP) is 5.67. The Labute approximate surface area is 136 Å². The molecule has 1 atom stereocenters. The Balaban J connectivity index is 2.84. The average Bonchev–Trinajstić information content (AvgIpc) is 2.36. The van der Waals surface area contributed by atoms with Crippen molar-refractivity contribution in [1.82, 2.24) is 0 Å². The van der Waals surface area contributed by atoms with Gasteiger partial charge in [0.1, 0.15) is 0 Å². The van der Waals surface area contributed by atoms with Gasteiger partial charge in [-0.05, 0) is 44.6 Å². The van der Waals surface area contributed by atoms with Gasteiger partial charge in [0.2, 0.25) is 0 Å². The van der Waals surface area contributed by atoms with Crippen molar-refractivity contribution < 1.29 is 5.11 Å². The highest BCUT2D eigenvalue weighted by molar-refractivity contribution is 5.37. The van der Waals surface area contributed by atoms with Gasteiger partial charge in [0.25, 0.3) is 0 Å². The second-order valence-electron chi connectivity index (χ2n) is 6.89. The van der Waals surface area contributed by atoms with Crippen LogP contribution in [-0.2, 0) is 0 Å². The van der Waals surface area contributed by atoms with Gasteiger partial charge in [-0.1, -0.05) is 79.7 Å². The van der Waals surface area contributed by atoms with Gasteiger partial charge in [0.05, 0.1) is 6.10 Å². The minimum absolute atomic E-state index is 0.0393. The Bertz CT molecular complexity index is 550. The minimum atomic E-state index is -0.202. The number of hydrogen-bond donors (Lipinski definition) is 1. The Morgan fingerprint density at radius 2 is 1.82 bits per heavy atom. The lowest BCUT2D eigenvalue weighted by molar-refractivity contribution is 0.116. The van der Waals surface area contributed by atoms with Crippen molar-refractivity contribution in [2.45, 2.75) is 53.6 Å². The van der Waals surface area contributed by atoms with E-state index in [-0.39, 0.29) is 11.5 Å². The molecule has 0 radical (unpaired) electrons. The summed E-state index contributed by atoms with van der Waals surface area (Å²) >= 11 is 0. The summed E-state index contributed by atoms with van der Waals surface area (Å²) in [6.07, 6.45) is 15.8.